The maximum Gasteiger partial charge on any atom is 0.214 e. The average Bonchev–Trinajstić information content (AvgIpc) is 3.19. The van der Waals surface area contributed by atoms with Crippen LogP contribution < -0.4 is 14.9 Å². The third-order valence-electron chi connectivity index (χ3n) is 4.60. The van der Waals surface area contributed by atoms with Crippen LogP contribution in [-0.4, -0.2) is 26.5 Å². The summed E-state index contributed by atoms with van der Waals surface area (Å²) in [5, 5.41) is 7.16. The van der Waals surface area contributed by atoms with Gasteiger partial charge in [0, 0.05) is 18.0 Å². The predicted octanol–water partition coefficient (Wildman–Crippen LogP) is 4.72. The van der Waals surface area contributed by atoms with Crippen LogP contribution in [-0.2, 0) is 13.2 Å². The molecule has 0 aliphatic heterocycles. The molecule has 158 valence electrons. The van der Waals surface area contributed by atoms with Gasteiger partial charge in [-0.1, -0.05) is 36.4 Å². The molecule has 7 nitrogen and oxygen atoms in total. The van der Waals surface area contributed by atoms with Gasteiger partial charge in [-0.25, -0.2) is 9.77 Å². The Hall–Kier alpha value is -3.65. The summed E-state index contributed by atoms with van der Waals surface area (Å²) >= 11 is 5.38. The van der Waals surface area contributed by atoms with E-state index in [9.17, 15) is 0 Å². The van der Waals surface area contributed by atoms with Crippen LogP contribution in [0.2, 0.25) is 0 Å². The Balaban J connectivity index is 1.49. The van der Waals surface area contributed by atoms with Crippen molar-refractivity contribution < 1.29 is 9.47 Å². The van der Waals surface area contributed by atoms with Crippen LogP contribution in [0, 0.1) is 4.77 Å². The summed E-state index contributed by atoms with van der Waals surface area (Å²) in [7, 11) is 0. The summed E-state index contributed by atoms with van der Waals surface area (Å²) in [5.74, 6) is 2.12. The molecule has 0 radical (unpaired) electrons. The molecule has 2 N–H and O–H groups in total. The maximum atomic E-state index is 5.99. The highest BCUT2D eigenvalue weighted by atomic mass is 32.1. The zero-order valence-corrected chi connectivity index (χ0v) is 17.9. The fourth-order valence-electron chi connectivity index (χ4n) is 3.09. The van der Waals surface area contributed by atoms with Gasteiger partial charge >= 0.3 is 0 Å². The van der Waals surface area contributed by atoms with Gasteiger partial charge in [-0.3, -0.25) is 4.98 Å². The minimum Gasteiger partial charge on any atom is -0.490 e. The van der Waals surface area contributed by atoms with Gasteiger partial charge in [0.25, 0.3) is 0 Å². The molecule has 0 aliphatic carbocycles. The third kappa shape index (κ3) is 5.10. The zero-order valence-electron chi connectivity index (χ0n) is 17.1. The molecule has 2 heterocycles. The number of benzene rings is 2. The summed E-state index contributed by atoms with van der Waals surface area (Å²) in [6, 6.07) is 19.7. The van der Waals surface area contributed by atoms with E-state index in [0.29, 0.717) is 41.9 Å². The number of nitrogens with one attached hydrogen (secondary N) is 2. The van der Waals surface area contributed by atoms with Gasteiger partial charge in [0.2, 0.25) is 4.77 Å². The first kappa shape index (κ1) is 20.6. The lowest BCUT2D eigenvalue weighted by Gasteiger charge is -2.15. The first-order valence-corrected chi connectivity index (χ1v) is 10.4. The quantitative estimate of drug-likeness (QED) is 0.372. The van der Waals surface area contributed by atoms with Crippen molar-refractivity contribution in [2.45, 2.75) is 20.1 Å². The lowest BCUT2D eigenvalue weighted by Crippen LogP contribution is -2.16. The van der Waals surface area contributed by atoms with Crippen molar-refractivity contribution >= 4 is 12.2 Å². The van der Waals surface area contributed by atoms with Crippen LogP contribution in [0.15, 0.2) is 73.1 Å². The second kappa shape index (κ2) is 9.90. The summed E-state index contributed by atoms with van der Waals surface area (Å²) < 4.78 is 14.0. The van der Waals surface area contributed by atoms with E-state index in [0.717, 1.165) is 16.7 Å². The van der Waals surface area contributed by atoms with Crippen molar-refractivity contribution in [1.82, 2.24) is 19.9 Å². The smallest absolute Gasteiger partial charge is 0.214 e. The molecular weight excluding hydrogens is 410 g/mol. The molecule has 4 aromatic rings. The number of aromatic nitrogens is 4. The lowest BCUT2D eigenvalue weighted by atomic mass is 10.2. The summed E-state index contributed by atoms with van der Waals surface area (Å²) in [6.45, 7) is 3.53. The van der Waals surface area contributed by atoms with E-state index in [4.69, 9.17) is 21.7 Å². The number of hydrogen-bond donors (Lipinski definition) is 2. The molecule has 0 bridgehead atoms. The van der Waals surface area contributed by atoms with Crippen molar-refractivity contribution in [3.63, 3.8) is 0 Å². The van der Waals surface area contributed by atoms with Crippen molar-refractivity contribution in [3.05, 3.63) is 89.0 Å². The number of H-pyrrole nitrogens is 1. The van der Waals surface area contributed by atoms with Crippen molar-refractivity contribution in [1.29, 1.82) is 0 Å². The van der Waals surface area contributed by atoms with Gasteiger partial charge in [-0.05, 0) is 54.5 Å². The van der Waals surface area contributed by atoms with Gasteiger partial charge < -0.3 is 14.9 Å². The van der Waals surface area contributed by atoms with Crippen molar-refractivity contribution in [2.24, 2.45) is 0 Å². The molecule has 0 saturated carbocycles. The van der Waals surface area contributed by atoms with E-state index >= 15 is 0 Å². The second-order valence-electron chi connectivity index (χ2n) is 6.75. The van der Waals surface area contributed by atoms with Gasteiger partial charge in [-0.15, -0.1) is 0 Å². The summed E-state index contributed by atoms with van der Waals surface area (Å²) in [4.78, 5) is 4.05. The number of pyridine rings is 1. The molecule has 0 aliphatic rings. The minimum atomic E-state index is 0.484. The molecule has 0 spiro atoms. The molecule has 31 heavy (non-hydrogen) atoms. The Bertz CT molecular complexity index is 1180. The van der Waals surface area contributed by atoms with Crippen LogP contribution in [0.4, 0.5) is 0 Å². The highest BCUT2D eigenvalue weighted by Crippen LogP contribution is 2.29. The largest absolute Gasteiger partial charge is 0.490 e. The van der Waals surface area contributed by atoms with Gasteiger partial charge in [-0.2, -0.15) is 5.10 Å². The first-order valence-electron chi connectivity index (χ1n) is 9.98. The Kier molecular flexibility index (Phi) is 6.59. The Morgan fingerprint density at radius 3 is 2.55 bits per heavy atom. The van der Waals surface area contributed by atoms with Crippen LogP contribution in [0.25, 0.3) is 11.4 Å². The van der Waals surface area contributed by atoms with E-state index < -0.39 is 0 Å². The molecule has 0 unspecified atom stereocenters. The predicted molar refractivity (Wildman–Crippen MR) is 122 cm³/mol. The number of rotatable bonds is 9. The highest BCUT2D eigenvalue weighted by Gasteiger charge is 2.10. The number of aromatic amines is 1. The molecular formula is C23H23N5O2S. The average molecular weight is 434 g/mol. The number of nitrogens with zero attached hydrogens (tertiary/aromatic N) is 3. The molecule has 0 saturated heterocycles. The number of ether oxygens (including phenoxy) is 2. The van der Waals surface area contributed by atoms with Gasteiger partial charge in [0.15, 0.2) is 17.3 Å². The zero-order chi connectivity index (χ0) is 21.5. The molecule has 2 aromatic carbocycles. The highest BCUT2D eigenvalue weighted by molar-refractivity contribution is 7.71. The van der Waals surface area contributed by atoms with E-state index in [1.165, 1.54) is 0 Å². The Morgan fingerprint density at radius 2 is 1.77 bits per heavy atom. The van der Waals surface area contributed by atoms with Crippen LogP contribution in [0.5, 0.6) is 11.5 Å². The Morgan fingerprint density at radius 1 is 0.968 bits per heavy atom. The monoisotopic (exact) mass is 433 g/mol. The first-order chi connectivity index (χ1) is 15.2. The summed E-state index contributed by atoms with van der Waals surface area (Å²) in [5.41, 5.74) is 6.37. The Labute approximate surface area is 185 Å². The van der Waals surface area contributed by atoms with Crippen LogP contribution in [0.3, 0.4) is 0 Å². The SMILES string of the molecule is CCOc1cc(CNn2c(-c3ccncc3)n[nH]c2=S)ccc1OCc1ccccc1. The van der Waals surface area contributed by atoms with Crippen LogP contribution in [0.1, 0.15) is 18.1 Å². The molecule has 2 aromatic heterocycles. The summed E-state index contributed by atoms with van der Waals surface area (Å²) in [6.07, 6.45) is 3.44. The van der Waals surface area contributed by atoms with Gasteiger partial charge in [0.1, 0.15) is 6.61 Å². The second-order valence-corrected chi connectivity index (χ2v) is 7.13. The third-order valence-corrected chi connectivity index (χ3v) is 4.87. The molecule has 4 rings (SSSR count). The van der Waals surface area contributed by atoms with E-state index in [1.807, 2.05) is 67.6 Å². The van der Waals surface area contributed by atoms with Gasteiger partial charge in [0.05, 0.1) is 13.2 Å². The molecule has 0 atom stereocenters. The van der Waals surface area contributed by atoms with Crippen LogP contribution >= 0.6 is 12.2 Å². The number of hydrogen-bond acceptors (Lipinski definition) is 6. The molecule has 8 heteroatoms. The fourth-order valence-corrected chi connectivity index (χ4v) is 3.29. The normalized spacial score (nSPS) is 10.6. The minimum absolute atomic E-state index is 0.484. The van der Waals surface area contributed by atoms with E-state index in [1.54, 1.807) is 17.1 Å². The topological polar surface area (TPSA) is 77.0 Å². The standard InChI is InChI=1S/C23H23N5O2S/c1-2-29-21-14-18(8-9-20(21)30-16-17-6-4-3-5-7-17)15-25-28-22(26-27-23(28)31)19-10-12-24-13-11-19/h3-14,25H,2,15-16H2,1H3,(H,27,31). The lowest BCUT2D eigenvalue weighted by molar-refractivity contribution is 0.269. The van der Waals surface area contributed by atoms with E-state index in [2.05, 4.69) is 20.6 Å². The molecule has 0 amide bonds. The van der Waals surface area contributed by atoms with E-state index in [-0.39, 0.29) is 0 Å². The fraction of sp³-hybridized carbons (Fsp3) is 0.174. The van der Waals surface area contributed by atoms with Crippen molar-refractivity contribution in [3.8, 4) is 22.9 Å². The van der Waals surface area contributed by atoms with Crippen molar-refractivity contribution in [2.75, 3.05) is 12.0 Å². The maximum absolute atomic E-state index is 5.99. The molecule has 0 fully saturated rings.